The van der Waals surface area contributed by atoms with E-state index in [0.717, 1.165) is 29.8 Å². The van der Waals surface area contributed by atoms with Crippen LogP contribution >= 0.6 is 11.6 Å². The van der Waals surface area contributed by atoms with Crippen molar-refractivity contribution in [1.29, 1.82) is 0 Å². The number of amides is 1. The second-order valence-electron chi connectivity index (χ2n) is 5.96. The molecular weight excluding hydrogens is 272 g/mol. The van der Waals surface area contributed by atoms with Gasteiger partial charge in [-0.05, 0) is 36.5 Å². The molecule has 1 aromatic rings. The Kier molecular flexibility index (Phi) is 3.74. The molecule has 1 saturated heterocycles. The number of nitrogens with one attached hydrogen (secondary N) is 1. The first-order chi connectivity index (χ1) is 9.61. The van der Waals surface area contributed by atoms with Crippen molar-refractivity contribution in [2.45, 2.75) is 51.4 Å². The molecule has 108 valence electrons. The van der Waals surface area contributed by atoms with Gasteiger partial charge in [-0.1, -0.05) is 44.0 Å². The van der Waals surface area contributed by atoms with E-state index in [1.165, 1.54) is 0 Å². The molecule has 3 nitrogen and oxygen atoms in total. The van der Waals surface area contributed by atoms with Gasteiger partial charge in [-0.3, -0.25) is 10.1 Å². The molecule has 20 heavy (non-hydrogen) atoms. The monoisotopic (exact) mass is 292 g/mol. The van der Waals surface area contributed by atoms with E-state index in [4.69, 9.17) is 11.6 Å². The summed E-state index contributed by atoms with van der Waals surface area (Å²) in [4.78, 5) is 14.7. The molecule has 0 bridgehead atoms. The molecule has 3 atom stereocenters. The van der Waals surface area contributed by atoms with E-state index >= 15 is 0 Å². The van der Waals surface area contributed by atoms with Crippen molar-refractivity contribution in [2.75, 3.05) is 0 Å². The van der Waals surface area contributed by atoms with Gasteiger partial charge in [0.15, 0.2) is 0 Å². The van der Waals surface area contributed by atoms with Crippen molar-refractivity contribution in [3.8, 4) is 0 Å². The Hall–Kier alpha value is -1.06. The van der Waals surface area contributed by atoms with Gasteiger partial charge in [0.1, 0.15) is 6.17 Å². The van der Waals surface area contributed by atoms with E-state index in [0.29, 0.717) is 12.0 Å². The maximum absolute atomic E-state index is 12.7. The summed E-state index contributed by atoms with van der Waals surface area (Å²) >= 11 is 5.96. The smallest absolute Gasteiger partial charge is 0.241 e. The van der Waals surface area contributed by atoms with Gasteiger partial charge in [-0.25, -0.2) is 0 Å². The molecule has 2 fully saturated rings. The van der Waals surface area contributed by atoms with Gasteiger partial charge in [0, 0.05) is 11.1 Å². The molecule has 1 aliphatic heterocycles. The number of rotatable bonds is 4. The molecule has 2 aliphatic rings. The van der Waals surface area contributed by atoms with Crippen LogP contribution in [0.1, 0.15) is 44.8 Å². The summed E-state index contributed by atoms with van der Waals surface area (Å²) in [5.74, 6) is 0.628. The maximum atomic E-state index is 12.7. The molecule has 3 unspecified atom stereocenters. The normalized spacial score (nSPS) is 27.9. The largest absolute Gasteiger partial charge is 0.319 e. The van der Waals surface area contributed by atoms with Crippen molar-refractivity contribution in [2.24, 2.45) is 5.92 Å². The summed E-state index contributed by atoms with van der Waals surface area (Å²) in [5.41, 5.74) is 1.13. The van der Waals surface area contributed by atoms with Crippen LogP contribution in [0, 0.1) is 5.92 Å². The van der Waals surface area contributed by atoms with Crippen LogP contribution in [0.25, 0.3) is 0 Å². The van der Waals surface area contributed by atoms with E-state index in [1.54, 1.807) is 0 Å². The number of nitrogens with zero attached hydrogens (tertiary/aromatic N) is 1. The number of hydrogen-bond donors (Lipinski definition) is 1. The molecule has 3 rings (SSSR count). The topological polar surface area (TPSA) is 32.3 Å². The van der Waals surface area contributed by atoms with Crippen molar-refractivity contribution >= 4 is 17.5 Å². The lowest BCUT2D eigenvalue weighted by Crippen LogP contribution is -2.36. The van der Waals surface area contributed by atoms with Gasteiger partial charge in [-0.15, -0.1) is 0 Å². The summed E-state index contributed by atoms with van der Waals surface area (Å²) in [5, 5.41) is 4.26. The van der Waals surface area contributed by atoms with E-state index in [9.17, 15) is 4.79 Å². The number of carbonyl (C=O) groups excluding carboxylic acids is 1. The molecule has 1 N–H and O–H groups in total. The van der Waals surface area contributed by atoms with Crippen LogP contribution < -0.4 is 5.32 Å². The molecule has 4 heteroatoms. The summed E-state index contributed by atoms with van der Waals surface area (Å²) in [6.45, 7) is 4.28. The lowest BCUT2D eigenvalue weighted by Gasteiger charge is -2.24. The highest BCUT2D eigenvalue weighted by Gasteiger charge is 2.47. The number of hydrogen-bond acceptors (Lipinski definition) is 2. The first-order valence-electron chi connectivity index (χ1n) is 7.45. The standard InChI is InChI=1S/C16H21ClN2O/c1-3-10(2)14-16(20)19(13-8-9-13)15(18-14)11-4-6-12(17)7-5-11/h4-7,10,13-15,18H,3,8-9H2,1-2H3. The Morgan fingerprint density at radius 3 is 2.55 bits per heavy atom. The molecule has 0 aromatic heterocycles. The number of benzene rings is 1. The quantitative estimate of drug-likeness (QED) is 0.923. The van der Waals surface area contributed by atoms with Crippen LogP contribution in [0.2, 0.25) is 5.02 Å². The number of carbonyl (C=O) groups is 1. The van der Waals surface area contributed by atoms with Gasteiger partial charge in [0.2, 0.25) is 5.91 Å². The van der Waals surface area contributed by atoms with E-state index in [2.05, 4.69) is 24.1 Å². The predicted molar refractivity (Wildman–Crippen MR) is 80.4 cm³/mol. The zero-order valence-electron chi connectivity index (χ0n) is 12.0. The van der Waals surface area contributed by atoms with Gasteiger partial charge >= 0.3 is 0 Å². The van der Waals surface area contributed by atoms with Gasteiger partial charge in [0.25, 0.3) is 0 Å². The predicted octanol–water partition coefficient (Wildman–Crippen LogP) is 3.35. The second-order valence-corrected chi connectivity index (χ2v) is 6.40. The molecule has 1 aromatic carbocycles. The van der Waals surface area contributed by atoms with Crippen LogP contribution in [0.3, 0.4) is 0 Å². The molecular formula is C16H21ClN2O. The van der Waals surface area contributed by atoms with Crippen LogP contribution in [0.5, 0.6) is 0 Å². The summed E-state index contributed by atoms with van der Waals surface area (Å²) < 4.78 is 0. The Morgan fingerprint density at radius 1 is 1.35 bits per heavy atom. The Bertz CT molecular complexity index is 498. The average Bonchev–Trinajstić information content (AvgIpc) is 3.22. The fourth-order valence-electron chi connectivity index (χ4n) is 2.90. The van der Waals surface area contributed by atoms with Gasteiger partial charge in [0.05, 0.1) is 6.04 Å². The highest BCUT2D eigenvalue weighted by Crippen LogP contribution is 2.38. The van der Waals surface area contributed by atoms with Gasteiger partial charge < -0.3 is 4.90 Å². The zero-order chi connectivity index (χ0) is 14.3. The van der Waals surface area contributed by atoms with Gasteiger partial charge in [-0.2, -0.15) is 0 Å². The molecule has 1 heterocycles. The minimum Gasteiger partial charge on any atom is -0.319 e. The Labute approximate surface area is 125 Å². The third-order valence-corrected chi connectivity index (χ3v) is 4.73. The molecule has 0 spiro atoms. The molecule has 0 radical (unpaired) electrons. The Morgan fingerprint density at radius 2 is 2.00 bits per heavy atom. The highest BCUT2D eigenvalue weighted by molar-refractivity contribution is 6.30. The van der Waals surface area contributed by atoms with Crippen LogP contribution in [0.4, 0.5) is 0 Å². The fraction of sp³-hybridized carbons (Fsp3) is 0.562. The summed E-state index contributed by atoms with van der Waals surface area (Å²) in [6, 6.07) is 8.18. The maximum Gasteiger partial charge on any atom is 0.241 e. The highest BCUT2D eigenvalue weighted by atomic mass is 35.5. The fourth-order valence-corrected chi connectivity index (χ4v) is 3.02. The average molecular weight is 293 g/mol. The summed E-state index contributed by atoms with van der Waals surface area (Å²) in [7, 11) is 0. The van der Waals surface area contributed by atoms with Crippen LogP contribution in [0.15, 0.2) is 24.3 Å². The van der Waals surface area contributed by atoms with E-state index in [1.807, 2.05) is 24.3 Å². The van der Waals surface area contributed by atoms with E-state index in [-0.39, 0.29) is 18.1 Å². The lowest BCUT2D eigenvalue weighted by molar-refractivity contribution is -0.131. The van der Waals surface area contributed by atoms with Crippen molar-refractivity contribution in [3.63, 3.8) is 0 Å². The van der Waals surface area contributed by atoms with Crippen LogP contribution in [-0.2, 0) is 4.79 Å². The molecule has 1 aliphatic carbocycles. The molecule has 1 saturated carbocycles. The summed E-state index contributed by atoms with van der Waals surface area (Å²) in [6.07, 6.45) is 3.27. The molecule has 1 amide bonds. The third-order valence-electron chi connectivity index (χ3n) is 4.48. The zero-order valence-corrected chi connectivity index (χ0v) is 12.7. The minimum absolute atomic E-state index is 0.00580. The van der Waals surface area contributed by atoms with Crippen molar-refractivity contribution in [3.05, 3.63) is 34.9 Å². The van der Waals surface area contributed by atoms with Crippen LogP contribution in [-0.4, -0.2) is 22.9 Å². The van der Waals surface area contributed by atoms with Crippen molar-refractivity contribution in [1.82, 2.24) is 10.2 Å². The SMILES string of the molecule is CCC(C)C1NC(c2ccc(Cl)cc2)N(C2CC2)C1=O. The van der Waals surface area contributed by atoms with Crippen molar-refractivity contribution < 1.29 is 4.79 Å². The minimum atomic E-state index is -0.0544. The Balaban J connectivity index is 1.88. The number of halogens is 1. The first-order valence-corrected chi connectivity index (χ1v) is 7.83. The third kappa shape index (κ3) is 2.45. The second kappa shape index (κ2) is 5.38. The van der Waals surface area contributed by atoms with E-state index < -0.39 is 0 Å². The first kappa shape index (κ1) is 13.9. The lowest BCUT2D eigenvalue weighted by atomic mass is 9.99.